The van der Waals surface area contributed by atoms with E-state index in [2.05, 4.69) is 10.6 Å². The van der Waals surface area contributed by atoms with Gasteiger partial charge in [0.05, 0.1) is 24.8 Å². The van der Waals surface area contributed by atoms with Crippen molar-refractivity contribution in [2.45, 2.75) is 51.2 Å². The molecule has 0 radical (unpaired) electrons. The molecule has 1 amide bonds. The van der Waals surface area contributed by atoms with Gasteiger partial charge in [-0.05, 0) is 38.3 Å². The van der Waals surface area contributed by atoms with Crippen molar-refractivity contribution in [2.75, 3.05) is 0 Å². The van der Waals surface area contributed by atoms with Crippen LogP contribution in [0.15, 0.2) is 22.8 Å². The number of furan rings is 1. The minimum absolute atomic E-state index is 0.0872. The SMILES string of the molecule is CC(NC1CCCC(C(=O)O)C1)C(=O)NCc1ccco1. The first-order chi connectivity index (χ1) is 10.1. The van der Waals surface area contributed by atoms with Crippen LogP contribution in [0.2, 0.25) is 0 Å². The average molecular weight is 294 g/mol. The molecule has 6 nitrogen and oxygen atoms in total. The summed E-state index contributed by atoms with van der Waals surface area (Å²) in [6, 6.07) is 3.32. The fourth-order valence-electron chi connectivity index (χ4n) is 2.74. The lowest BCUT2D eigenvalue weighted by Crippen LogP contribution is -2.48. The van der Waals surface area contributed by atoms with Gasteiger partial charge in [0, 0.05) is 6.04 Å². The average Bonchev–Trinajstić information content (AvgIpc) is 2.98. The number of rotatable bonds is 6. The Morgan fingerprint density at radius 2 is 2.29 bits per heavy atom. The van der Waals surface area contributed by atoms with Crippen molar-refractivity contribution in [3.63, 3.8) is 0 Å². The fourth-order valence-corrected chi connectivity index (χ4v) is 2.74. The summed E-state index contributed by atoms with van der Waals surface area (Å²) in [6.07, 6.45) is 4.68. The summed E-state index contributed by atoms with van der Waals surface area (Å²) in [7, 11) is 0. The van der Waals surface area contributed by atoms with Crippen molar-refractivity contribution >= 4 is 11.9 Å². The normalized spacial score (nSPS) is 23.5. The molecule has 21 heavy (non-hydrogen) atoms. The van der Waals surface area contributed by atoms with E-state index >= 15 is 0 Å². The van der Waals surface area contributed by atoms with Gasteiger partial charge in [0.15, 0.2) is 0 Å². The topological polar surface area (TPSA) is 91.6 Å². The highest BCUT2D eigenvalue weighted by molar-refractivity contribution is 5.81. The maximum absolute atomic E-state index is 12.0. The molecule has 1 aliphatic carbocycles. The largest absolute Gasteiger partial charge is 0.481 e. The van der Waals surface area contributed by atoms with Crippen molar-refractivity contribution in [3.8, 4) is 0 Å². The van der Waals surface area contributed by atoms with Crippen LogP contribution in [0.4, 0.5) is 0 Å². The molecule has 3 unspecified atom stereocenters. The molecular formula is C15H22N2O4. The number of carboxylic acid groups (broad SMARTS) is 1. The monoisotopic (exact) mass is 294 g/mol. The molecule has 0 bridgehead atoms. The van der Waals surface area contributed by atoms with E-state index in [9.17, 15) is 9.59 Å². The summed E-state index contributed by atoms with van der Waals surface area (Å²) in [4.78, 5) is 23.0. The molecule has 3 N–H and O–H groups in total. The Bertz CT molecular complexity index is 472. The standard InChI is InChI=1S/C15H22N2O4/c1-10(14(18)16-9-13-6-3-7-21-13)17-12-5-2-4-11(8-12)15(19)20/h3,6-7,10-12,17H,2,4-5,8-9H2,1H3,(H,16,18)(H,19,20). The van der Waals surface area contributed by atoms with Gasteiger partial charge in [-0.3, -0.25) is 9.59 Å². The Balaban J connectivity index is 1.76. The smallest absolute Gasteiger partial charge is 0.306 e. The molecule has 0 aromatic carbocycles. The minimum atomic E-state index is -0.739. The van der Waals surface area contributed by atoms with E-state index in [0.717, 1.165) is 19.3 Å². The summed E-state index contributed by atoms with van der Waals surface area (Å²) in [5, 5.41) is 15.1. The van der Waals surface area contributed by atoms with Crippen LogP contribution in [-0.2, 0) is 16.1 Å². The van der Waals surface area contributed by atoms with Crippen LogP contribution in [0.25, 0.3) is 0 Å². The molecule has 1 aliphatic rings. The lowest BCUT2D eigenvalue weighted by atomic mass is 9.85. The summed E-state index contributed by atoms with van der Waals surface area (Å²) >= 11 is 0. The zero-order chi connectivity index (χ0) is 15.2. The Morgan fingerprint density at radius 1 is 1.48 bits per heavy atom. The maximum Gasteiger partial charge on any atom is 0.306 e. The molecule has 3 atom stereocenters. The van der Waals surface area contributed by atoms with Gasteiger partial charge < -0.3 is 20.2 Å². The van der Waals surface area contributed by atoms with Crippen LogP contribution < -0.4 is 10.6 Å². The van der Waals surface area contributed by atoms with Gasteiger partial charge in [-0.1, -0.05) is 6.42 Å². The van der Waals surface area contributed by atoms with Gasteiger partial charge in [0.2, 0.25) is 5.91 Å². The fraction of sp³-hybridized carbons (Fsp3) is 0.600. The third kappa shape index (κ3) is 4.60. The molecule has 1 aromatic heterocycles. The van der Waals surface area contributed by atoms with E-state index in [4.69, 9.17) is 9.52 Å². The van der Waals surface area contributed by atoms with Crippen LogP contribution in [0.5, 0.6) is 0 Å². The van der Waals surface area contributed by atoms with Crippen molar-refractivity contribution in [1.82, 2.24) is 10.6 Å². The number of carbonyl (C=O) groups is 2. The van der Waals surface area contributed by atoms with Gasteiger partial charge >= 0.3 is 5.97 Å². The van der Waals surface area contributed by atoms with E-state index in [1.807, 2.05) is 0 Å². The van der Waals surface area contributed by atoms with E-state index < -0.39 is 5.97 Å². The Hall–Kier alpha value is -1.82. The number of nitrogens with one attached hydrogen (secondary N) is 2. The van der Waals surface area contributed by atoms with Crippen LogP contribution in [0.3, 0.4) is 0 Å². The molecule has 0 aliphatic heterocycles. The lowest BCUT2D eigenvalue weighted by molar-refractivity contribution is -0.143. The highest BCUT2D eigenvalue weighted by Crippen LogP contribution is 2.24. The molecule has 1 saturated carbocycles. The van der Waals surface area contributed by atoms with Gasteiger partial charge in [0.1, 0.15) is 5.76 Å². The second-order valence-electron chi connectivity index (χ2n) is 5.58. The first-order valence-electron chi connectivity index (χ1n) is 7.35. The first kappa shape index (κ1) is 15.6. The third-order valence-corrected chi connectivity index (χ3v) is 3.92. The van der Waals surface area contributed by atoms with E-state index in [1.54, 1.807) is 25.3 Å². The van der Waals surface area contributed by atoms with Gasteiger partial charge in [-0.15, -0.1) is 0 Å². The minimum Gasteiger partial charge on any atom is -0.481 e. The zero-order valence-electron chi connectivity index (χ0n) is 12.2. The van der Waals surface area contributed by atoms with Crippen molar-refractivity contribution in [2.24, 2.45) is 5.92 Å². The van der Waals surface area contributed by atoms with Crippen molar-refractivity contribution < 1.29 is 19.1 Å². The molecule has 1 heterocycles. The van der Waals surface area contributed by atoms with Crippen LogP contribution in [-0.4, -0.2) is 29.1 Å². The predicted octanol–water partition coefficient (Wildman–Crippen LogP) is 1.52. The number of aliphatic carboxylic acids is 1. The number of carbonyl (C=O) groups excluding carboxylic acids is 1. The van der Waals surface area contributed by atoms with Crippen molar-refractivity contribution in [1.29, 1.82) is 0 Å². The summed E-state index contributed by atoms with van der Waals surface area (Å²) < 4.78 is 5.15. The number of carboxylic acids is 1. The van der Waals surface area contributed by atoms with Crippen LogP contribution >= 0.6 is 0 Å². The quantitative estimate of drug-likeness (QED) is 0.740. The lowest BCUT2D eigenvalue weighted by Gasteiger charge is -2.29. The van der Waals surface area contributed by atoms with Gasteiger partial charge in [-0.25, -0.2) is 0 Å². The zero-order valence-corrected chi connectivity index (χ0v) is 12.2. The first-order valence-corrected chi connectivity index (χ1v) is 7.35. The highest BCUT2D eigenvalue weighted by atomic mass is 16.4. The number of hydrogen-bond acceptors (Lipinski definition) is 4. The predicted molar refractivity (Wildman–Crippen MR) is 76.5 cm³/mol. The Labute approximate surface area is 123 Å². The maximum atomic E-state index is 12.0. The van der Waals surface area contributed by atoms with E-state index in [-0.39, 0.29) is 23.9 Å². The van der Waals surface area contributed by atoms with Gasteiger partial charge in [0.25, 0.3) is 0 Å². The molecule has 1 aromatic rings. The molecule has 0 saturated heterocycles. The second-order valence-corrected chi connectivity index (χ2v) is 5.58. The number of hydrogen-bond donors (Lipinski definition) is 3. The summed E-state index contributed by atoms with van der Waals surface area (Å²) in [5.41, 5.74) is 0. The summed E-state index contributed by atoms with van der Waals surface area (Å²) in [5.74, 6) is -0.436. The van der Waals surface area contributed by atoms with E-state index in [0.29, 0.717) is 18.7 Å². The molecule has 1 fully saturated rings. The van der Waals surface area contributed by atoms with Crippen molar-refractivity contribution in [3.05, 3.63) is 24.2 Å². The Kier molecular flexibility index (Phi) is 5.38. The third-order valence-electron chi connectivity index (χ3n) is 3.92. The van der Waals surface area contributed by atoms with E-state index in [1.165, 1.54) is 0 Å². The Morgan fingerprint density at radius 3 is 2.95 bits per heavy atom. The molecule has 6 heteroatoms. The molecule has 116 valence electrons. The molecular weight excluding hydrogens is 272 g/mol. The van der Waals surface area contributed by atoms with Gasteiger partial charge in [-0.2, -0.15) is 0 Å². The molecule has 2 rings (SSSR count). The highest BCUT2D eigenvalue weighted by Gasteiger charge is 2.28. The second kappa shape index (κ2) is 7.26. The van der Waals surface area contributed by atoms with Crippen LogP contribution in [0, 0.1) is 5.92 Å². The molecule has 0 spiro atoms. The van der Waals surface area contributed by atoms with Crippen LogP contribution in [0.1, 0.15) is 38.4 Å². The number of amides is 1. The summed E-state index contributed by atoms with van der Waals surface area (Å²) in [6.45, 7) is 2.15.